The van der Waals surface area contributed by atoms with Crippen molar-refractivity contribution in [2.45, 2.75) is 13.1 Å². The lowest BCUT2D eigenvalue weighted by atomic mass is 10.2. The zero-order valence-electron chi connectivity index (χ0n) is 15.0. The maximum absolute atomic E-state index is 12.9. The molecular weight excluding hydrogens is 378 g/mol. The maximum atomic E-state index is 12.9. The van der Waals surface area contributed by atoms with Crippen LogP contribution in [0.5, 0.6) is 5.75 Å². The molecule has 0 spiro atoms. The summed E-state index contributed by atoms with van der Waals surface area (Å²) in [5.74, 6) is 0.343. The van der Waals surface area contributed by atoms with Crippen LogP contribution in [0.4, 0.5) is 0 Å². The normalized spacial score (nSPS) is 11.0. The molecule has 0 saturated heterocycles. The summed E-state index contributed by atoms with van der Waals surface area (Å²) in [7, 11) is 1.58. The summed E-state index contributed by atoms with van der Waals surface area (Å²) >= 11 is 5.32. The molecule has 0 aliphatic rings. The van der Waals surface area contributed by atoms with E-state index in [-0.39, 0.29) is 29.3 Å². The van der Waals surface area contributed by atoms with Crippen molar-refractivity contribution in [2.24, 2.45) is 0 Å². The van der Waals surface area contributed by atoms with E-state index in [1.807, 2.05) is 24.3 Å². The summed E-state index contributed by atoms with van der Waals surface area (Å²) in [6.45, 7) is 0.0922. The zero-order chi connectivity index (χ0) is 19.7. The first-order valence-corrected chi connectivity index (χ1v) is 8.97. The number of amides is 1. The molecule has 1 aromatic carbocycles. The number of rotatable bonds is 5. The average Bonchev–Trinajstić information content (AvgIpc) is 3.08. The topological polar surface area (TPSA) is 105 Å². The maximum Gasteiger partial charge on any atom is 0.279 e. The molecule has 28 heavy (non-hydrogen) atoms. The van der Waals surface area contributed by atoms with Crippen molar-refractivity contribution in [1.29, 1.82) is 0 Å². The van der Waals surface area contributed by atoms with E-state index in [2.05, 4.69) is 20.3 Å². The molecular formula is C19H17N5O3S. The molecule has 0 atom stereocenters. The number of benzene rings is 1. The third-order valence-electron chi connectivity index (χ3n) is 4.44. The van der Waals surface area contributed by atoms with Crippen LogP contribution in [0.25, 0.3) is 21.9 Å². The van der Waals surface area contributed by atoms with Gasteiger partial charge in [-0.2, -0.15) is 0 Å². The Kier molecular flexibility index (Phi) is 4.66. The average molecular weight is 395 g/mol. The molecule has 142 valence electrons. The molecule has 1 amide bonds. The number of fused-ring (bicyclic) bond motifs is 3. The largest absolute Gasteiger partial charge is 0.497 e. The summed E-state index contributed by atoms with van der Waals surface area (Å²) in [5.41, 5.74) is 2.09. The molecule has 4 rings (SSSR count). The summed E-state index contributed by atoms with van der Waals surface area (Å²) in [4.78, 5) is 35.5. The van der Waals surface area contributed by atoms with Gasteiger partial charge in [-0.25, -0.2) is 0 Å². The third-order valence-corrected chi connectivity index (χ3v) is 4.76. The summed E-state index contributed by atoms with van der Waals surface area (Å²) < 4.78 is 6.65. The van der Waals surface area contributed by atoms with Crippen molar-refractivity contribution in [1.82, 2.24) is 24.8 Å². The monoisotopic (exact) mass is 395 g/mol. The van der Waals surface area contributed by atoms with Crippen LogP contribution in [-0.2, 0) is 17.9 Å². The molecule has 0 aliphatic heterocycles. The lowest BCUT2D eigenvalue weighted by molar-refractivity contribution is -0.121. The van der Waals surface area contributed by atoms with Gasteiger partial charge in [-0.05, 0) is 42.5 Å². The number of carbonyl (C=O) groups excluding carboxylic acids is 1. The van der Waals surface area contributed by atoms with Gasteiger partial charge in [0.1, 0.15) is 17.8 Å². The molecule has 0 bridgehead atoms. The highest BCUT2D eigenvalue weighted by Gasteiger charge is 2.14. The van der Waals surface area contributed by atoms with Gasteiger partial charge in [-0.15, -0.1) is 0 Å². The minimum atomic E-state index is -0.359. The van der Waals surface area contributed by atoms with E-state index in [1.54, 1.807) is 25.4 Å². The number of nitrogens with zero attached hydrogens (tertiary/aromatic N) is 2. The lowest BCUT2D eigenvalue weighted by Crippen LogP contribution is -2.33. The number of aromatic amines is 2. The summed E-state index contributed by atoms with van der Waals surface area (Å²) in [6.07, 6.45) is 1.65. The fraction of sp³-hybridized carbons (Fsp3) is 0.158. The third kappa shape index (κ3) is 3.27. The lowest BCUT2D eigenvalue weighted by Gasteiger charge is -2.08. The molecule has 0 fully saturated rings. The number of aromatic nitrogens is 4. The van der Waals surface area contributed by atoms with E-state index in [0.717, 1.165) is 16.6 Å². The van der Waals surface area contributed by atoms with Gasteiger partial charge in [0.25, 0.3) is 5.56 Å². The molecule has 0 radical (unpaired) electrons. The zero-order valence-corrected chi connectivity index (χ0v) is 15.8. The van der Waals surface area contributed by atoms with Crippen LogP contribution < -0.4 is 15.6 Å². The number of nitrogens with one attached hydrogen (secondary N) is 3. The predicted molar refractivity (Wildman–Crippen MR) is 108 cm³/mol. The Bertz CT molecular complexity index is 1290. The van der Waals surface area contributed by atoms with Gasteiger partial charge < -0.3 is 20.0 Å². The number of H-pyrrole nitrogens is 2. The van der Waals surface area contributed by atoms with Crippen molar-refractivity contribution in [3.05, 3.63) is 63.4 Å². The number of ether oxygens (including phenoxy) is 1. The van der Waals surface area contributed by atoms with Crippen LogP contribution in [0.1, 0.15) is 5.69 Å². The van der Waals surface area contributed by atoms with E-state index >= 15 is 0 Å². The number of hydrogen-bond acceptors (Lipinski definition) is 5. The van der Waals surface area contributed by atoms with E-state index in [0.29, 0.717) is 16.8 Å². The van der Waals surface area contributed by atoms with Crippen LogP contribution in [0.15, 0.2) is 47.4 Å². The fourth-order valence-electron chi connectivity index (χ4n) is 3.02. The van der Waals surface area contributed by atoms with Crippen molar-refractivity contribution < 1.29 is 9.53 Å². The van der Waals surface area contributed by atoms with Gasteiger partial charge in [-0.1, -0.05) is 6.07 Å². The number of methoxy groups -OCH3 is 1. The highest BCUT2D eigenvalue weighted by atomic mass is 32.1. The second-order valence-electron chi connectivity index (χ2n) is 6.21. The Morgan fingerprint density at radius 3 is 2.86 bits per heavy atom. The SMILES string of the molecule is COc1ccc2[nH]c3c(=O)n(CC(=O)NCc4ccccn4)c(=S)[nH]c3c2c1. The number of pyridine rings is 1. The van der Waals surface area contributed by atoms with Gasteiger partial charge in [-0.3, -0.25) is 19.1 Å². The Balaban J connectivity index is 1.66. The standard InChI is InChI=1S/C19H17N5O3S/c1-27-12-5-6-14-13(8-12)16-17(22-14)18(26)24(19(28)23-16)10-15(25)21-9-11-4-2-3-7-20-11/h2-8,22H,9-10H2,1H3,(H,21,25)(H,23,28). The molecule has 4 aromatic rings. The molecule has 3 aromatic heterocycles. The molecule has 3 N–H and O–H groups in total. The van der Waals surface area contributed by atoms with Gasteiger partial charge >= 0.3 is 0 Å². The molecule has 8 nitrogen and oxygen atoms in total. The van der Waals surface area contributed by atoms with Gasteiger partial charge in [0.05, 0.1) is 24.9 Å². The van der Waals surface area contributed by atoms with Crippen LogP contribution in [0.2, 0.25) is 0 Å². The summed E-state index contributed by atoms with van der Waals surface area (Å²) in [6, 6.07) is 10.9. The van der Waals surface area contributed by atoms with E-state index in [4.69, 9.17) is 17.0 Å². The second kappa shape index (κ2) is 7.28. The van der Waals surface area contributed by atoms with Gasteiger partial charge in [0.15, 0.2) is 4.77 Å². The molecule has 0 saturated carbocycles. The Hall–Kier alpha value is -3.46. The molecule has 9 heteroatoms. The van der Waals surface area contributed by atoms with Gasteiger partial charge in [0, 0.05) is 17.1 Å². The van der Waals surface area contributed by atoms with E-state index < -0.39 is 0 Å². The molecule has 3 heterocycles. The fourth-order valence-corrected chi connectivity index (χ4v) is 3.27. The predicted octanol–water partition coefficient (Wildman–Crippen LogP) is 2.26. The van der Waals surface area contributed by atoms with Crippen LogP contribution >= 0.6 is 12.2 Å². The first-order chi connectivity index (χ1) is 13.6. The van der Waals surface area contributed by atoms with Crippen LogP contribution in [0.3, 0.4) is 0 Å². The highest BCUT2D eigenvalue weighted by Crippen LogP contribution is 2.25. The Labute approximate surface area is 164 Å². The highest BCUT2D eigenvalue weighted by molar-refractivity contribution is 7.71. The smallest absolute Gasteiger partial charge is 0.279 e. The number of hydrogen-bond donors (Lipinski definition) is 3. The van der Waals surface area contributed by atoms with Crippen molar-refractivity contribution in [3.63, 3.8) is 0 Å². The van der Waals surface area contributed by atoms with Crippen molar-refractivity contribution in [2.75, 3.05) is 7.11 Å². The van der Waals surface area contributed by atoms with E-state index in [1.165, 1.54) is 4.57 Å². The number of carbonyl (C=O) groups is 1. The first kappa shape index (κ1) is 17.9. The second-order valence-corrected chi connectivity index (χ2v) is 6.59. The molecule has 0 unspecified atom stereocenters. The van der Waals surface area contributed by atoms with E-state index in [9.17, 15) is 9.59 Å². The summed E-state index contributed by atoms with van der Waals surface area (Å²) in [5, 5.41) is 3.54. The minimum Gasteiger partial charge on any atom is -0.497 e. The van der Waals surface area contributed by atoms with Crippen LogP contribution in [-0.4, -0.2) is 32.5 Å². The van der Waals surface area contributed by atoms with Crippen molar-refractivity contribution in [3.8, 4) is 5.75 Å². The first-order valence-electron chi connectivity index (χ1n) is 8.56. The molecule has 0 aliphatic carbocycles. The van der Waals surface area contributed by atoms with Gasteiger partial charge in [0.2, 0.25) is 5.91 Å². The quantitative estimate of drug-likeness (QED) is 0.450. The Morgan fingerprint density at radius 2 is 2.11 bits per heavy atom. The minimum absolute atomic E-state index is 0.175. The van der Waals surface area contributed by atoms with Crippen LogP contribution in [0, 0.1) is 4.77 Å². The van der Waals surface area contributed by atoms with Crippen molar-refractivity contribution >= 4 is 40.1 Å². The Morgan fingerprint density at radius 1 is 1.25 bits per heavy atom.